The molecule has 0 amide bonds. The number of rotatable bonds is 6. The Bertz CT molecular complexity index is 223. The first-order valence-corrected chi connectivity index (χ1v) is 5.93. The molecule has 0 bridgehead atoms. The average molecular weight is 229 g/mol. The summed E-state index contributed by atoms with van der Waals surface area (Å²) in [6.07, 6.45) is 2.84. The molecule has 94 valence electrons. The summed E-state index contributed by atoms with van der Waals surface area (Å²) in [7, 11) is 0. The lowest BCUT2D eigenvalue weighted by Gasteiger charge is -2.36. The van der Waals surface area contributed by atoms with Gasteiger partial charge in [-0.25, -0.2) is 0 Å². The van der Waals surface area contributed by atoms with Crippen LogP contribution in [0.15, 0.2) is 0 Å². The predicted molar refractivity (Wildman–Crippen MR) is 63.6 cm³/mol. The van der Waals surface area contributed by atoms with E-state index in [4.69, 9.17) is 21.0 Å². The Morgan fingerprint density at radius 1 is 1.50 bits per heavy atom. The number of nitrogens with one attached hydrogen (secondary N) is 1. The molecule has 5 nitrogen and oxygen atoms in total. The van der Waals surface area contributed by atoms with Gasteiger partial charge in [0.1, 0.15) is 0 Å². The van der Waals surface area contributed by atoms with Gasteiger partial charge in [0.15, 0.2) is 0 Å². The van der Waals surface area contributed by atoms with E-state index in [1.807, 2.05) is 6.92 Å². The van der Waals surface area contributed by atoms with E-state index in [0.717, 1.165) is 32.5 Å². The van der Waals surface area contributed by atoms with Gasteiger partial charge >= 0.3 is 0 Å². The Kier molecular flexibility index (Phi) is 5.73. The van der Waals surface area contributed by atoms with Gasteiger partial charge in [-0.05, 0) is 26.3 Å². The van der Waals surface area contributed by atoms with Gasteiger partial charge in [-0.15, -0.1) is 0 Å². The lowest BCUT2D eigenvalue weighted by atomic mass is 10.2. The lowest BCUT2D eigenvalue weighted by Crippen LogP contribution is -2.48. The molecule has 4 N–H and O–H groups in total. The van der Waals surface area contributed by atoms with E-state index < -0.39 is 0 Å². The second kappa shape index (κ2) is 6.83. The number of unbranched alkanes of at least 4 members (excludes halogenated alkanes) is 1. The number of nitrogens with zero attached hydrogens (tertiary/aromatic N) is 1. The molecule has 5 heteroatoms. The molecule has 0 aliphatic carbocycles. The highest BCUT2D eigenvalue weighted by atomic mass is 16.5. The first kappa shape index (κ1) is 13.4. The molecular formula is C11H23N3O2. The van der Waals surface area contributed by atoms with Crippen LogP contribution in [-0.4, -0.2) is 54.3 Å². The Labute approximate surface area is 97.1 Å². The highest BCUT2D eigenvalue weighted by molar-refractivity contribution is 5.76. The summed E-state index contributed by atoms with van der Waals surface area (Å²) in [6.45, 7) is 4.85. The maximum atomic E-state index is 9.07. The van der Waals surface area contributed by atoms with E-state index in [1.54, 1.807) is 0 Å². The van der Waals surface area contributed by atoms with Crippen LogP contribution in [0.4, 0.5) is 0 Å². The normalized spacial score (nSPS) is 26.9. The zero-order valence-corrected chi connectivity index (χ0v) is 9.98. The van der Waals surface area contributed by atoms with Gasteiger partial charge in [0.25, 0.3) is 0 Å². The first-order chi connectivity index (χ1) is 7.61. The zero-order chi connectivity index (χ0) is 12.0. The van der Waals surface area contributed by atoms with Crippen LogP contribution in [0.1, 0.15) is 26.2 Å². The fraction of sp³-hybridized carbons (Fsp3) is 0.909. The van der Waals surface area contributed by atoms with E-state index >= 15 is 0 Å². The van der Waals surface area contributed by atoms with Crippen LogP contribution in [0.5, 0.6) is 0 Å². The molecule has 1 heterocycles. The van der Waals surface area contributed by atoms with Crippen molar-refractivity contribution in [2.24, 2.45) is 5.73 Å². The summed E-state index contributed by atoms with van der Waals surface area (Å²) in [5, 5.41) is 16.2. The third-order valence-corrected chi connectivity index (χ3v) is 2.78. The van der Waals surface area contributed by atoms with Gasteiger partial charge < -0.3 is 15.6 Å². The molecule has 1 fully saturated rings. The summed E-state index contributed by atoms with van der Waals surface area (Å²) in [5.41, 5.74) is 5.29. The van der Waals surface area contributed by atoms with Crippen molar-refractivity contribution < 1.29 is 9.84 Å². The van der Waals surface area contributed by atoms with Crippen LogP contribution in [0, 0.1) is 5.41 Å². The number of morpholine rings is 1. The third-order valence-electron chi connectivity index (χ3n) is 2.78. The van der Waals surface area contributed by atoms with Crippen LogP contribution in [0.2, 0.25) is 0 Å². The van der Waals surface area contributed by atoms with Crippen molar-refractivity contribution in [2.75, 3.05) is 26.2 Å². The molecule has 1 rings (SSSR count). The smallest absolute Gasteiger partial charge is 0.0936 e. The Morgan fingerprint density at radius 3 is 2.88 bits per heavy atom. The van der Waals surface area contributed by atoms with Gasteiger partial charge in [0.05, 0.1) is 24.7 Å². The van der Waals surface area contributed by atoms with Crippen molar-refractivity contribution in [1.82, 2.24) is 4.90 Å². The van der Waals surface area contributed by atoms with Gasteiger partial charge in [-0.1, -0.05) is 0 Å². The average Bonchev–Trinajstić information content (AvgIpc) is 2.23. The van der Waals surface area contributed by atoms with Crippen LogP contribution in [-0.2, 0) is 4.74 Å². The lowest BCUT2D eigenvalue weighted by molar-refractivity contribution is -0.0952. The minimum atomic E-state index is -0.0449. The Morgan fingerprint density at radius 2 is 2.25 bits per heavy atom. The third kappa shape index (κ3) is 4.92. The highest BCUT2D eigenvalue weighted by Crippen LogP contribution is 2.11. The van der Waals surface area contributed by atoms with E-state index in [-0.39, 0.29) is 24.7 Å². The largest absolute Gasteiger partial charge is 0.394 e. The zero-order valence-electron chi connectivity index (χ0n) is 9.98. The molecular weight excluding hydrogens is 206 g/mol. The molecule has 1 aliphatic heterocycles. The van der Waals surface area contributed by atoms with Gasteiger partial charge in [-0.2, -0.15) is 0 Å². The number of hydrogen-bond acceptors (Lipinski definition) is 4. The molecule has 16 heavy (non-hydrogen) atoms. The quantitative estimate of drug-likeness (QED) is 0.344. The summed E-state index contributed by atoms with van der Waals surface area (Å²) in [6, 6.07) is 0. The number of ether oxygens (including phenoxy) is 1. The maximum absolute atomic E-state index is 9.07. The van der Waals surface area contributed by atoms with Crippen molar-refractivity contribution in [2.45, 2.75) is 38.4 Å². The Balaban J connectivity index is 2.18. The monoisotopic (exact) mass is 229 g/mol. The maximum Gasteiger partial charge on any atom is 0.0936 e. The minimum Gasteiger partial charge on any atom is -0.394 e. The summed E-state index contributed by atoms with van der Waals surface area (Å²) in [4.78, 5) is 2.31. The standard InChI is InChI=1S/C11H23N3O2/c1-9-6-14(7-10(8-15)16-9)5-3-2-4-11(12)13/h9-10,15H,2-8H2,1H3,(H3,12,13). The van der Waals surface area contributed by atoms with Crippen molar-refractivity contribution in [1.29, 1.82) is 5.41 Å². The molecule has 1 aliphatic rings. The highest BCUT2D eigenvalue weighted by Gasteiger charge is 2.23. The molecule has 0 radical (unpaired) electrons. The van der Waals surface area contributed by atoms with Crippen LogP contribution < -0.4 is 5.73 Å². The number of nitrogens with two attached hydrogens (primary N) is 1. The fourth-order valence-electron chi connectivity index (χ4n) is 2.07. The molecule has 2 atom stereocenters. The fourth-order valence-corrected chi connectivity index (χ4v) is 2.07. The van der Waals surface area contributed by atoms with E-state index in [9.17, 15) is 0 Å². The predicted octanol–water partition coefficient (Wildman–Crippen LogP) is 0.174. The summed E-state index contributed by atoms with van der Waals surface area (Å²) >= 11 is 0. The molecule has 0 aromatic rings. The summed E-state index contributed by atoms with van der Waals surface area (Å²) < 4.78 is 5.56. The number of aliphatic hydroxyl groups is 1. The van der Waals surface area contributed by atoms with E-state index in [0.29, 0.717) is 6.42 Å². The van der Waals surface area contributed by atoms with Crippen molar-refractivity contribution in [3.05, 3.63) is 0 Å². The topological polar surface area (TPSA) is 82.6 Å². The summed E-state index contributed by atoms with van der Waals surface area (Å²) in [5.74, 6) is 0.267. The van der Waals surface area contributed by atoms with Crippen molar-refractivity contribution >= 4 is 5.84 Å². The molecule has 0 aromatic carbocycles. The molecule has 0 saturated carbocycles. The number of hydrogen-bond donors (Lipinski definition) is 3. The van der Waals surface area contributed by atoms with Crippen LogP contribution in [0.3, 0.4) is 0 Å². The molecule has 0 spiro atoms. The van der Waals surface area contributed by atoms with Crippen LogP contribution >= 0.6 is 0 Å². The van der Waals surface area contributed by atoms with Crippen molar-refractivity contribution in [3.8, 4) is 0 Å². The Hall–Kier alpha value is -0.650. The van der Waals surface area contributed by atoms with Gasteiger partial charge in [0.2, 0.25) is 0 Å². The molecule has 0 aromatic heterocycles. The first-order valence-electron chi connectivity index (χ1n) is 5.93. The number of amidine groups is 1. The van der Waals surface area contributed by atoms with Gasteiger partial charge in [0, 0.05) is 19.5 Å². The molecule has 2 unspecified atom stereocenters. The minimum absolute atomic E-state index is 0.0449. The van der Waals surface area contributed by atoms with E-state index in [1.165, 1.54) is 0 Å². The number of aliphatic hydroxyl groups excluding tert-OH is 1. The van der Waals surface area contributed by atoms with Gasteiger partial charge in [-0.3, -0.25) is 10.3 Å². The second-order valence-corrected chi connectivity index (χ2v) is 4.49. The van der Waals surface area contributed by atoms with Crippen molar-refractivity contribution in [3.63, 3.8) is 0 Å². The molecule has 1 saturated heterocycles. The second-order valence-electron chi connectivity index (χ2n) is 4.49. The van der Waals surface area contributed by atoms with Crippen LogP contribution in [0.25, 0.3) is 0 Å². The SMILES string of the molecule is CC1CN(CCCCC(=N)N)CC(CO)O1. The van der Waals surface area contributed by atoms with E-state index in [2.05, 4.69) is 4.90 Å².